The van der Waals surface area contributed by atoms with E-state index >= 15 is 0 Å². The zero-order chi connectivity index (χ0) is 13.1. The largest absolute Gasteiger partial charge is 0.296 e. The molecule has 0 N–H and O–H groups in total. The van der Waals surface area contributed by atoms with Crippen molar-refractivity contribution < 1.29 is 4.79 Å². The molecule has 1 aromatic heterocycles. The van der Waals surface area contributed by atoms with Gasteiger partial charge in [0.05, 0.1) is 0 Å². The highest BCUT2D eigenvalue weighted by Gasteiger charge is 2.14. The highest BCUT2D eigenvalue weighted by molar-refractivity contribution is 7.15. The topological polar surface area (TPSA) is 30.0 Å². The highest BCUT2D eigenvalue weighted by atomic mass is 32.1. The molecule has 0 amide bonds. The zero-order valence-electron chi connectivity index (χ0n) is 10.9. The lowest BCUT2D eigenvalue weighted by atomic mass is 10.1. The Morgan fingerprint density at radius 1 is 1.33 bits per heavy atom. The van der Waals surface area contributed by atoms with Crippen molar-refractivity contribution in [2.24, 2.45) is 5.92 Å². The summed E-state index contributed by atoms with van der Waals surface area (Å²) in [6.45, 7) is 6.38. The molecule has 18 heavy (non-hydrogen) atoms. The lowest BCUT2D eigenvalue weighted by Crippen LogP contribution is -1.95. The second kappa shape index (κ2) is 5.44. The van der Waals surface area contributed by atoms with Crippen molar-refractivity contribution in [1.82, 2.24) is 4.98 Å². The first kappa shape index (κ1) is 13.0. The van der Waals surface area contributed by atoms with E-state index in [1.807, 2.05) is 12.1 Å². The fraction of sp³-hybridized carbons (Fsp3) is 0.333. The Kier molecular flexibility index (Phi) is 3.92. The van der Waals surface area contributed by atoms with E-state index in [4.69, 9.17) is 0 Å². The van der Waals surface area contributed by atoms with Crippen molar-refractivity contribution in [3.05, 3.63) is 40.4 Å². The number of aryl methyl sites for hydroxylation is 1. The zero-order valence-corrected chi connectivity index (χ0v) is 11.8. The maximum Gasteiger partial charge on any atom is 0.169 e. The first-order chi connectivity index (χ1) is 8.61. The molecular weight excluding hydrogens is 242 g/mol. The van der Waals surface area contributed by atoms with Gasteiger partial charge in [0, 0.05) is 10.4 Å². The van der Waals surface area contributed by atoms with Crippen LogP contribution in [0.2, 0.25) is 0 Å². The normalized spacial score (nSPS) is 10.9. The average Bonchev–Trinajstić information content (AvgIpc) is 2.71. The minimum absolute atomic E-state index is 0.536. The molecule has 2 aromatic rings. The predicted molar refractivity (Wildman–Crippen MR) is 76.2 cm³/mol. The molecule has 94 valence electrons. The van der Waals surface area contributed by atoms with E-state index in [2.05, 4.69) is 37.9 Å². The van der Waals surface area contributed by atoms with E-state index < -0.39 is 0 Å². The van der Waals surface area contributed by atoms with Crippen molar-refractivity contribution >= 4 is 17.6 Å². The molecular formula is C15H17NOS. The highest BCUT2D eigenvalue weighted by Crippen LogP contribution is 2.30. The van der Waals surface area contributed by atoms with Crippen LogP contribution in [0.5, 0.6) is 0 Å². The van der Waals surface area contributed by atoms with Gasteiger partial charge < -0.3 is 0 Å². The van der Waals surface area contributed by atoms with Crippen LogP contribution in [0.15, 0.2) is 24.3 Å². The number of hydrogen-bond donors (Lipinski definition) is 0. The van der Waals surface area contributed by atoms with Crippen molar-refractivity contribution in [2.75, 3.05) is 0 Å². The summed E-state index contributed by atoms with van der Waals surface area (Å²) in [4.78, 5) is 16.6. The number of hydrogen-bond acceptors (Lipinski definition) is 3. The molecule has 1 heterocycles. The van der Waals surface area contributed by atoms with Gasteiger partial charge in [0.25, 0.3) is 0 Å². The Labute approximate surface area is 112 Å². The minimum Gasteiger partial charge on any atom is -0.296 e. The summed E-state index contributed by atoms with van der Waals surface area (Å²) in [6.07, 6.45) is 1.79. The number of carbonyl (C=O) groups excluding carboxylic acids is 1. The second-order valence-electron chi connectivity index (χ2n) is 4.86. The summed E-state index contributed by atoms with van der Waals surface area (Å²) in [7, 11) is 0. The number of benzene rings is 1. The van der Waals surface area contributed by atoms with Crippen LogP contribution in [-0.4, -0.2) is 11.3 Å². The standard InChI is InChI=1S/C15H17NOS/c1-10(2)8-14-13(9-17)16-15(18-14)12-7-5-4-6-11(12)3/h4-7,9-10H,8H2,1-3H3. The van der Waals surface area contributed by atoms with Crippen LogP contribution in [0.4, 0.5) is 0 Å². The van der Waals surface area contributed by atoms with Crippen molar-refractivity contribution in [2.45, 2.75) is 27.2 Å². The van der Waals surface area contributed by atoms with E-state index in [1.54, 1.807) is 11.3 Å². The molecule has 0 saturated carbocycles. The van der Waals surface area contributed by atoms with Crippen LogP contribution in [0.1, 0.15) is 34.8 Å². The van der Waals surface area contributed by atoms with Gasteiger partial charge in [-0.15, -0.1) is 11.3 Å². The Morgan fingerprint density at radius 3 is 2.67 bits per heavy atom. The van der Waals surface area contributed by atoms with Crippen molar-refractivity contribution in [1.29, 1.82) is 0 Å². The van der Waals surface area contributed by atoms with Gasteiger partial charge in [-0.05, 0) is 24.8 Å². The van der Waals surface area contributed by atoms with Crippen LogP contribution in [0.25, 0.3) is 10.6 Å². The van der Waals surface area contributed by atoms with Crippen molar-refractivity contribution in [3.8, 4) is 10.6 Å². The number of thiazole rings is 1. The predicted octanol–water partition coefficient (Wildman–Crippen LogP) is 4.13. The lowest BCUT2D eigenvalue weighted by molar-refractivity contribution is 0.111. The number of nitrogens with zero attached hydrogens (tertiary/aromatic N) is 1. The number of carbonyl (C=O) groups is 1. The number of aromatic nitrogens is 1. The number of rotatable bonds is 4. The van der Waals surface area contributed by atoms with E-state index in [0.717, 1.165) is 28.2 Å². The molecule has 0 unspecified atom stereocenters. The van der Waals surface area contributed by atoms with Gasteiger partial charge in [0.2, 0.25) is 0 Å². The molecule has 1 aromatic carbocycles. The van der Waals surface area contributed by atoms with Gasteiger partial charge in [0.1, 0.15) is 10.7 Å². The molecule has 0 aliphatic rings. The van der Waals surface area contributed by atoms with E-state index in [0.29, 0.717) is 11.6 Å². The first-order valence-electron chi connectivity index (χ1n) is 6.12. The molecule has 0 radical (unpaired) electrons. The van der Waals surface area contributed by atoms with Crippen LogP contribution in [-0.2, 0) is 6.42 Å². The third-order valence-electron chi connectivity index (χ3n) is 2.81. The Hall–Kier alpha value is -1.48. The van der Waals surface area contributed by atoms with Gasteiger partial charge in [-0.1, -0.05) is 38.1 Å². The fourth-order valence-corrected chi connectivity index (χ4v) is 3.23. The molecule has 0 bridgehead atoms. The second-order valence-corrected chi connectivity index (χ2v) is 5.94. The monoisotopic (exact) mass is 259 g/mol. The Balaban J connectivity index is 2.44. The van der Waals surface area contributed by atoms with Gasteiger partial charge in [-0.2, -0.15) is 0 Å². The van der Waals surface area contributed by atoms with Crippen LogP contribution < -0.4 is 0 Å². The molecule has 2 nitrogen and oxygen atoms in total. The van der Waals surface area contributed by atoms with Crippen LogP contribution in [0.3, 0.4) is 0 Å². The van der Waals surface area contributed by atoms with E-state index in [9.17, 15) is 4.79 Å². The molecule has 0 aliphatic heterocycles. The molecule has 3 heteroatoms. The SMILES string of the molecule is Cc1ccccc1-c1nc(C=O)c(CC(C)C)s1. The minimum atomic E-state index is 0.536. The van der Waals surface area contributed by atoms with Gasteiger partial charge >= 0.3 is 0 Å². The van der Waals surface area contributed by atoms with E-state index in [-0.39, 0.29) is 0 Å². The lowest BCUT2D eigenvalue weighted by Gasteiger charge is -2.01. The maximum atomic E-state index is 11.1. The summed E-state index contributed by atoms with van der Waals surface area (Å²) < 4.78 is 0. The summed E-state index contributed by atoms with van der Waals surface area (Å²) >= 11 is 1.64. The summed E-state index contributed by atoms with van der Waals surface area (Å²) in [5.74, 6) is 0.536. The first-order valence-corrected chi connectivity index (χ1v) is 6.94. The number of aldehydes is 1. The quantitative estimate of drug-likeness (QED) is 0.773. The molecule has 0 aliphatic carbocycles. The molecule has 0 atom stereocenters. The Morgan fingerprint density at radius 2 is 2.06 bits per heavy atom. The molecule has 0 fully saturated rings. The van der Waals surface area contributed by atoms with E-state index in [1.165, 1.54) is 5.56 Å². The average molecular weight is 259 g/mol. The van der Waals surface area contributed by atoms with Gasteiger partial charge in [-0.3, -0.25) is 4.79 Å². The third kappa shape index (κ3) is 2.67. The Bertz CT molecular complexity index is 557. The third-order valence-corrected chi connectivity index (χ3v) is 3.94. The summed E-state index contributed by atoms with van der Waals surface area (Å²) in [5.41, 5.74) is 2.92. The molecule has 0 saturated heterocycles. The van der Waals surface area contributed by atoms with Crippen LogP contribution in [0, 0.1) is 12.8 Å². The maximum absolute atomic E-state index is 11.1. The van der Waals surface area contributed by atoms with Gasteiger partial charge in [-0.25, -0.2) is 4.98 Å². The molecule has 2 rings (SSSR count). The smallest absolute Gasteiger partial charge is 0.169 e. The van der Waals surface area contributed by atoms with Crippen LogP contribution >= 0.6 is 11.3 Å². The van der Waals surface area contributed by atoms with Crippen molar-refractivity contribution in [3.63, 3.8) is 0 Å². The van der Waals surface area contributed by atoms with Gasteiger partial charge in [0.15, 0.2) is 6.29 Å². The summed E-state index contributed by atoms with van der Waals surface area (Å²) in [5, 5.41) is 0.950. The summed E-state index contributed by atoms with van der Waals surface area (Å²) in [6, 6.07) is 8.15. The molecule has 0 spiro atoms. The fourth-order valence-electron chi connectivity index (χ4n) is 1.90.